The molecule has 0 fully saturated rings. The van der Waals surface area contributed by atoms with Crippen molar-refractivity contribution in [2.45, 2.75) is 26.2 Å². The Morgan fingerprint density at radius 1 is 1.71 bits per heavy atom. The third-order valence-electron chi connectivity index (χ3n) is 1.87. The van der Waals surface area contributed by atoms with Gasteiger partial charge >= 0.3 is 0 Å². The molecule has 1 heterocycles. The summed E-state index contributed by atoms with van der Waals surface area (Å²) in [7, 11) is 0. The smallest absolute Gasteiger partial charge is 0.266 e. The quantitative estimate of drug-likeness (QED) is 0.622. The number of aromatic nitrogens is 2. The topological polar surface area (TPSA) is 34.9 Å². The first-order chi connectivity index (χ1) is 6.70. The van der Waals surface area contributed by atoms with E-state index in [2.05, 4.69) is 34.1 Å². The van der Waals surface area contributed by atoms with Crippen LogP contribution in [0.15, 0.2) is 11.0 Å². The van der Waals surface area contributed by atoms with Gasteiger partial charge in [-0.3, -0.25) is 4.79 Å². The largest absolute Gasteiger partial charge is 0.289 e. The van der Waals surface area contributed by atoms with Crippen LogP contribution in [0.3, 0.4) is 0 Å². The van der Waals surface area contributed by atoms with E-state index < -0.39 is 0 Å². The molecule has 14 heavy (non-hydrogen) atoms. The second-order valence-electron chi connectivity index (χ2n) is 2.89. The molecule has 78 valence electrons. The summed E-state index contributed by atoms with van der Waals surface area (Å²) in [5.41, 5.74) is 0.692. The molecule has 1 aromatic heterocycles. The van der Waals surface area contributed by atoms with Crippen molar-refractivity contribution < 1.29 is 0 Å². The van der Waals surface area contributed by atoms with E-state index in [1.165, 1.54) is 4.45 Å². The van der Waals surface area contributed by atoms with Gasteiger partial charge in [0.1, 0.15) is 5.02 Å². The fourth-order valence-electron chi connectivity index (χ4n) is 1.07. The van der Waals surface area contributed by atoms with Crippen LogP contribution in [0.4, 0.5) is 0 Å². The highest BCUT2D eigenvalue weighted by Gasteiger charge is 2.07. The van der Waals surface area contributed by atoms with Gasteiger partial charge in [0.15, 0.2) is 0 Å². The Labute approximate surface area is 103 Å². The first kappa shape index (κ1) is 12.4. The van der Waals surface area contributed by atoms with Crippen LogP contribution >= 0.6 is 40.0 Å². The van der Waals surface area contributed by atoms with Gasteiger partial charge in [0, 0.05) is 0 Å². The fraction of sp³-hybridized carbons (Fsp3) is 0.500. The number of unbranched alkanes of at least 4 members (excludes halogenated alkanes) is 1. The maximum atomic E-state index is 11.6. The van der Waals surface area contributed by atoms with E-state index in [1.54, 1.807) is 6.20 Å². The molecule has 0 aliphatic heterocycles. The Morgan fingerprint density at radius 2 is 2.43 bits per heavy atom. The average Bonchev–Trinajstić information content (AvgIpc) is 2.20. The maximum Gasteiger partial charge on any atom is 0.289 e. The fourth-order valence-corrected chi connectivity index (χ4v) is 2.68. The SMILES string of the molecule is CCCCc1cnn(PI)c(=O)c1Cl. The van der Waals surface area contributed by atoms with Crippen molar-refractivity contribution in [2.24, 2.45) is 0 Å². The normalized spacial score (nSPS) is 11.4. The standard InChI is InChI=1S/C8H11ClIN2OP/c1-2-3-4-6-5-11-12(14-10)8(13)7(6)9/h5,14H,2-4H2,1H3. The molecule has 0 saturated heterocycles. The molecule has 0 aliphatic carbocycles. The predicted molar refractivity (Wildman–Crippen MR) is 69.9 cm³/mol. The molecule has 1 rings (SSSR count). The van der Waals surface area contributed by atoms with Gasteiger partial charge in [0.05, 0.1) is 12.6 Å². The average molecular weight is 345 g/mol. The minimum Gasteiger partial charge on any atom is -0.266 e. The summed E-state index contributed by atoms with van der Waals surface area (Å²) in [4.78, 5) is 11.6. The van der Waals surface area contributed by atoms with Gasteiger partial charge in [0.25, 0.3) is 5.56 Å². The lowest BCUT2D eigenvalue weighted by atomic mass is 10.1. The Bertz CT molecular complexity index is 369. The summed E-state index contributed by atoms with van der Waals surface area (Å²) < 4.78 is 1.39. The van der Waals surface area contributed by atoms with Crippen LogP contribution in [0.1, 0.15) is 25.3 Å². The highest BCUT2D eigenvalue weighted by Crippen LogP contribution is 2.21. The summed E-state index contributed by atoms with van der Waals surface area (Å²) in [6.45, 7) is 2.11. The first-order valence-electron chi connectivity index (χ1n) is 4.34. The van der Waals surface area contributed by atoms with Crippen LogP contribution in [0.25, 0.3) is 0 Å². The number of aryl methyl sites for hydroxylation is 1. The van der Waals surface area contributed by atoms with Gasteiger partial charge in [-0.25, -0.2) is 4.45 Å². The zero-order valence-corrected chi connectivity index (χ0v) is 11.7. The molecule has 0 N–H and O–H groups in total. The molecule has 0 radical (unpaired) electrons. The molecule has 0 saturated carbocycles. The zero-order chi connectivity index (χ0) is 10.6. The lowest BCUT2D eigenvalue weighted by Gasteiger charge is -2.04. The van der Waals surface area contributed by atoms with Crippen LogP contribution in [0.5, 0.6) is 0 Å². The number of rotatable bonds is 4. The van der Waals surface area contributed by atoms with Crippen molar-refractivity contribution in [3.63, 3.8) is 0 Å². The predicted octanol–water partition coefficient (Wildman–Crippen LogP) is 3.03. The molecular weight excluding hydrogens is 333 g/mol. The minimum atomic E-state index is -0.173. The number of hydrogen-bond acceptors (Lipinski definition) is 2. The molecule has 1 aromatic rings. The van der Waals surface area contributed by atoms with E-state index in [0.29, 0.717) is 11.4 Å². The molecule has 1 atom stereocenters. The van der Waals surface area contributed by atoms with Gasteiger partial charge in [-0.15, -0.1) is 0 Å². The number of nitrogens with zero attached hydrogens (tertiary/aromatic N) is 2. The van der Waals surface area contributed by atoms with E-state index in [9.17, 15) is 4.79 Å². The van der Waals surface area contributed by atoms with Crippen molar-refractivity contribution in [3.05, 3.63) is 27.1 Å². The van der Waals surface area contributed by atoms with E-state index >= 15 is 0 Å². The van der Waals surface area contributed by atoms with Crippen LogP contribution in [0.2, 0.25) is 5.02 Å². The Kier molecular flexibility index (Phi) is 5.34. The third-order valence-corrected chi connectivity index (χ3v) is 4.12. The molecule has 6 heteroatoms. The molecule has 0 aromatic carbocycles. The van der Waals surface area contributed by atoms with Crippen molar-refractivity contribution in [1.29, 1.82) is 0 Å². The molecule has 1 unspecified atom stereocenters. The second kappa shape index (κ2) is 6.03. The lowest BCUT2D eigenvalue weighted by Crippen LogP contribution is -2.17. The highest BCUT2D eigenvalue weighted by molar-refractivity contribution is 14.2. The van der Waals surface area contributed by atoms with Crippen molar-refractivity contribution in [1.82, 2.24) is 9.55 Å². The van der Waals surface area contributed by atoms with Crippen molar-refractivity contribution in [2.75, 3.05) is 0 Å². The Hall–Kier alpha value is 0.330. The minimum absolute atomic E-state index is 0.173. The van der Waals surface area contributed by atoms with Crippen LogP contribution in [0, 0.1) is 0 Å². The van der Waals surface area contributed by atoms with Gasteiger partial charge in [0.2, 0.25) is 0 Å². The van der Waals surface area contributed by atoms with E-state index in [1.807, 2.05) is 0 Å². The third kappa shape index (κ3) is 2.91. The van der Waals surface area contributed by atoms with Crippen LogP contribution in [-0.4, -0.2) is 9.55 Å². The molecule has 0 bridgehead atoms. The molecule has 0 spiro atoms. The molecule has 3 nitrogen and oxygen atoms in total. The van der Waals surface area contributed by atoms with Crippen LogP contribution < -0.4 is 5.56 Å². The highest BCUT2D eigenvalue weighted by atomic mass is 127. The lowest BCUT2D eigenvalue weighted by molar-refractivity contribution is 0.779. The van der Waals surface area contributed by atoms with Gasteiger partial charge < -0.3 is 0 Å². The summed E-state index contributed by atoms with van der Waals surface area (Å²) in [6.07, 6.45) is 4.97. The summed E-state index contributed by atoms with van der Waals surface area (Å²) in [6, 6.07) is 0. The van der Waals surface area contributed by atoms with E-state index in [0.717, 1.165) is 24.8 Å². The van der Waals surface area contributed by atoms with E-state index in [4.69, 9.17) is 11.6 Å². The summed E-state index contributed by atoms with van der Waals surface area (Å²) in [5, 5.41) is 4.37. The summed E-state index contributed by atoms with van der Waals surface area (Å²) >= 11 is 8.05. The zero-order valence-electron chi connectivity index (χ0n) is 7.76. The molecule has 0 aliphatic rings. The van der Waals surface area contributed by atoms with Gasteiger partial charge in [-0.1, -0.05) is 24.9 Å². The molecular formula is C8H11ClIN2OP. The Morgan fingerprint density at radius 3 is 3.00 bits per heavy atom. The number of hydrogen-bond donors (Lipinski definition) is 0. The maximum absolute atomic E-state index is 11.6. The van der Waals surface area contributed by atoms with Crippen LogP contribution in [-0.2, 0) is 6.42 Å². The van der Waals surface area contributed by atoms with E-state index in [-0.39, 0.29) is 5.56 Å². The second-order valence-corrected chi connectivity index (χ2v) is 5.31. The van der Waals surface area contributed by atoms with Gasteiger partial charge in [-0.05, 0) is 40.4 Å². The summed E-state index contributed by atoms with van der Waals surface area (Å²) in [5.74, 6) is 0. The van der Waals surface area contributed by atoms with Crippen molar-refractivity contribution in [3.8, 4) is 0 Å². The first-order valence-corrected chi connectivity index (χ1v) is 8.78. The monoisotopic (exact) mass is 344 g/mol. The van der Waals surface area contributed by atoms with Gasteiger partial charge in [-0.2, -0.15) is 5.10 Å². The molecule has 0 amide bonds. The number of halogens is 2. The van der Waals surface area contributed by atoms with Crippen molar-refractivity contribution >= 4 is 40.0 Å². The Balaban J connectivity index is 2.99.